The SMILES string of the molecule is C=C[C@H]1CN(Cc2cc(C)on2)C(=O)c2c(O)c(=O)c(C(=O)O)cn21. The number of nitrogens with zero attached hydrogens (tertiary/aromatic N) is 3. The van der Waals surface area contributed by atoms with Gasteiger partial charge in [0.05, 0.1) is 12.6 Å². The summed E-state index contributed by atoms with van der Waals surface area (Å²) < 4.78 is 6.23. The summed E-state index contributed by atoms with van der Waals surface area (Å²) in [5.41, 5.74) is -1.46. The Bertz CT molecular complexity index is 942. The van der Waals surface area contributed by atoms with E-state index in [0.29, 0.717) is 11.5 Å². The molecule has 2 aromatic heterocycles. The Morgan fingerprint density at radius 2 is 2.24 bits per heavy atom. The van der Waals surface area contributed by atoms with Gasteiger partial charge >= 0.3 is 5.97 Å². The Morgan fingerprint density at radius 3 is 2.80 bits per heavy atom. The topological polar surface area (TPSA) is 126 Å². The minimum atomic E-state index is -1.48. The van der Waals surface area contributed by atoms with Gasteiger partial charge in [0.15, 0.2) is 11.4 Å². The molecule has 0 aromatic carbocycles. The molecule has 9 nitrogen and oxygen atoms in total. The number of carboxylic acids is 1. The van der Waals surface area contributed by atoms with Crippen molar-refractivity contribution < 1.29 is 24.3 Å². The van der Waals surface area contributed by atoms with Gasteiger partial charge in [0.2, 0.25) is 5.43 Å². The molecule has 1 aliphatic rings. The van der Waals surface area contributed by atoms with E-state index in [-0.39, 0.29) is 18.8 Å². The molecule has 1 aliphatic heterocycles. The summed E-state index contributed by atoms with van der Waals surface area (Å²) >= 11 is 0. The smallest absolute Gasteiger partial charge is 0.341 e. The maximum atomic E-state index is 12.7. The summed E-state index contributed by atoms with van der Waals surface area (Å²) in [6, 6.07) is 1.16. The average molecular weight is 345 g/mol. The van der Waals surface area contributed by atoms with Crippen LogP contribution in [0, 0.1) is 6.92 Å². The van der Waals surface area contributed by atoms with Crippen LogP contribution >= 0.6 is 0 Å². The van der Waals surface area contributed by atoms with E-state index in [1.54, 1.807) is 13.0 Å². The standard InChI is InChI=1S/C16H15N3O6/c1-3-10-6-18(5-9-4-8(2)25-17-9)15(22)12-14(21)13(20)11(16(23)24)7-19(10)12/h3-4,7,10,21H,1,5-6H2,2H3,(H,23,24)/t10-/m0/s1. The number of pyridine rings is 1. The fraction of sp³-hybridized carbons (Fsp3) is 0.250. The third kappa shape index (κ3) is 2.69. The lowest BCUT2D eigenvalue weighted by molar-refractivity contribution is 0.0646. The zero-order valence-electron chi connectivity index (χ0n) is 13.3. The van der Waals surface area contributed by atoms with E-state index in [4.69, 9.17) is 9.63 Å². The molecule has 0 bridgehead atoms. The molecule has 0 spiro atoms. The Hall–Kier alpha value is -3.36. The molecule has 130 valence electrons. The molecule has 9 heteroatoms. The zero-order valence-corrected chi connectivity index (χ0v) is 13.3. The van der Waals surface area contributed by atoms with Crippen LogP contribution in [0.1, 0.15) is 38.3 Å². The monoisotopic (exact) mass is 345 g/mol. The first-order chi connectivity index (χ1) is 11.8. The highest BCUT2D eigenvalue weighted by Crippen LogP contribution is 2.28. The van der Waals surface area contributed by atoms with Crippen molar-refractivity contribution in [3.8, 4) is 5.75 Å². The van der Waals surface area contributed by atoms with Gasteiger partial charge < -0.3 is 24.2 Å². The molecular weight excluding hydrogens is 330 g/mol. The van der Waals surface area contributed by atoms with Crippen LogP contribution in [-0.4, -0.2) is 43.3 Å². The molecule has 0 fully saturated rings. The summed E-state index contributed by atoms with van der Waals surface area (Å²) in [5.74, 6) is -2.39. The second kappa shape index (κ2) is 5.93. The second-order valence-corrected chi connectivity index (χ2v) is 5.70. The fourth-order valence-corrected chi connectivity index (χ4v) is 2.80. The number of aryl methyl sites for hydroxylation is 1. The van der Waals surface area contributed by atoms with Crippen molar-refractivity contribution in [2.24, 2.45) is 0 Å². The Morgan fingerprint density at radius 1 is 1.52 bits per heavy atom. The Balaban J connectivity index is 2.09. The molecule has 25 heavy (non-hydrogen) atoms. The van der Waals surface area contributed by atoms with Gasteiger partial charge in [-0.1, -0.05) is 11.2 Å². The highest BCUT2D eigenvalue weighted by molar-refractivity contribution is 5.97. The molecule has 1 amide bonds. The number of hydrogen-bond donors (Lipinski definition) is 2. The minimum Gasteiger partial charge on any atom is -0.503 e. The average Bonchev–Trinajstić information content (AvgIpc) is 2.97. The lowest BCUT2D eigenvalue weighted by Crippen LogP contribution is -2.44. The molecule has 3 heterocycles. The highest BCUT2D eigenvalue weighted by Gasteiger charge is 2.34. The Labute approximate surface area is 141 Å². The van der Waals surface area contributed by atoms with E-state index in [0.717, 1.165) is 6.20 Å². The quantitative estimate of drug-likeness (QED) is 0.789. The normalized spacial score (nSPS) is 16.6. The number of amides is 1. The van der Waals surface area contributed by atoms with E-state index in [9.17, 15) is 19.5 Å². The summed E-state index contributed by atoms with van der Waals surface area (Å²) in [7, 11) is 0. The van der Waals surface area contributed by atoms with Gasteiger partial charge in [-0.25, -0.2) is 4.79 Å². The lowest BCUT2D eigenvalue weighted by Gasteiger charge is -2.34. The molecular formula is C16H15N3O6. The van der Waals surface area contributed by atoms with Gasteiger partial charge in [-0.05, 0) is 6.92 Å². The lowest BCUT2D eigenvalue weighted by atomic mass is 10.1. The zero-order chi connectivity index (χ0) is 18.3. The van der Waals surface area contributed by atoms with Crippen molar-refractivity contribution >= 4 is 11.9 Å². The number of aromatic carboxylic acids is 1. The molecule has 0 unspecified atom stereocenters. The van der Waals surface area contributed by atoms with Gasteiger partial charge in [-0.3, -0.25) is 9.59 Å². The van der Waals surface area contributed by atoms with Crippen molar-refractivity contribution in [1.82, 2.24) is 14.6 Å². The number of rotatable bonds is 4. The van der Waals surface area contributed by atoms with E-state index < -0.39 is 34.7 Å². The van der Waals surface area contributed by atoms with Crippen LogP contribution in [-0.2, 0) is 6.54 Å². The summed E-state index contributed by atoms with van der Waals surface area (Å²) in [4.78, 5) is 37.3. The van der Waals surface area contributed by atoms with Crippen LogP contribution in [0.25, 0.3) is 0 Å². The van der Waals surface area contributed by atoms with Gasteiger partial charge in [-0.2, -0.15) is 0 Å². The Kier molecular flexibility index (Phi) is 3.91. The maximum Gasteiger partial charge on any atom is 0.341 e. The number of fused-ring (bicyclic) bond motifs is 1. The van der Waals surface area contributed by atoms with E-state index in [1.165, 1.54) is 15.5 Å². The number of carbonyl (C=O) groups excluding carboxylic acids is 1. The van der Waals surface area contributed by atoms with Crippen LogP contribution in [0.5, 0.6) is 5.75 Å². The van der Waals surface area contributed by atoms with Gasteiger partial charge in [-0.15, -0.1) is 6.58 Å². The third-order valence-electron chi connectivity index (χ3n) is 4.00. The van der Waals surface area contributed by atoms with Crippen LogP contribution in [0.3, 0.4) is 0 Å². The fourth-order valence-electron chi connectivity index (χ4n) is 2.80. The molecule has 2 N–H and O–H groups in total. The summed E-state index contributed by atoms with van der Waals surface area (Å²) in [6.07, 6.45) is 2.56. The third-order valence-corrected chi connectivity index (χ3v) is 4.00. The number of aromatic hydroxyl groups is 1. The first-order valence-corrected chi connectivity index (χ1v) is 7.39. The first kappa shape index (κ1) is 16.5. The first-order valence-electron chi connectivity index (χ1n) is 7.39. The predicted molar refractivity (Wildman–Crippen MR) is 84.5 cm³/mol. The number of carbonyl (C=O) groups is 2. The second-order valence-electron chi connectivity index (χ2n) is 5.70. The van der Waals surface area contributed by atoms with Crippen molar-refractivity contribution in [1.29, 1.82) is 0 Å². The maximum absolute atomic E-state index is 12.7. The molecule has 1 atom stereocenters. The summed E-state index contributed by atoms with van der Waals surface area (Å²) in [6.45, 7) is 5.70. The van der Waals surface area contributed by atoms with Gasteiger partial charge in [0.25, 0.3) is 5.91 Å². The van der Waals surface area contributed by atoms with Crippen molar-refractivity contribution in [3.63, 3.8) is 0 Å². The molecule has 0 saturated carbocycles. The van der Waals surface area contributed by atoms with Gasteiger partial charge in [0.1, 0.15) is 17.0 Å². The van der Waals surface area contributed by atoms with E-state index in [1.807, 2.05) is 0 Å². The summed E-state index contributed by atoms with van der Waals surface area (Å²) in [5, 5.41) is 23.1. The van der Waals surface area contributed by atoms with E-state index >= 15 is 0 Å². The number of hydrogen-bond acceptors (Lipinski definition) is 6. The van der Waals surface area contributed by atoms with E-state index in [2.05, 4.69) is 11.7 Å². The van der Waals surface area contributed by atoms with Crippen LogP contribution < -0.4 is 5.43 Å². The molecule has 3 rings (SSSR count). The number of carboxylic acid groups (broad SMARTS) is 1. The number of aromatic nitrogens is 2. The van der Waals surface area contributed by atoms with Crippen LogP contribution in [0.15, 0.2) is 34.2 Å². The molecule has 0 radical (unpaired) electrons. The predicted octanol–water partition coefficient (Wildman–Crippen LogP) is 0.932. The van der Waals surface area contributed by atoms with Crippen LogP contribution in [0.4, 0.5) is 0 Å². The van der Waals surface area contributed by atoms with Crippen molar-refractivity contribution in [2.45, 2.75) is 19.5 Å². The minimum absolute atomic E-state index is 0.120. The molecule has 0 aliphatic carbocycles. The van der Waals surface area contributed by atoms with Crippen molar-refractivity contribution in [2.75, 3.05) is 6.54 Å². The highest BCUT2D eigenvalue weighted by atomic mass is 16.5. The van der Waals surface area contributed by atoms with Crippen LogP contribution in [0.2, 0.25) is 0 Å². The van der Waals surface area contributed by atoms with Crippen molar-refractivity contribution in [3.05, 3.63) is 57.9 Å². The largest absolute Gasteiger partial charge is 0.503 e. The molecule has 2 aromatic rings. The molecule has 0 saturated heterocycles. The van der Waals surface area contributed by atoms with Gasteiger partial charge in [0, 0.05) is 18.8 Å².